The van der Waals surface area contributed by atoms with Crippen LogP contribution in [0.15, 0.2) is 53.4 Å². The number of carbonyl (C=O) groups is 1. The van der Waals surface area contributed by atoms with Gasteiger partial charge in [0.1, 0.15) is 13.2 Å². The number of amides is 1. The summed E-state index contributed by atoms with van der Waals surface area (Å²) < 4.78 is 11.2. The zero-order valence-corrected chi connectivity index (χ0v) is 14.1. The van der Waals surface area contributed by atoms with E-state index in [1.54, 1.807) is 18.2 Å². The quantitative estimate of drug-likeness (QED) is 0.904. The molecule has 0 aromatic heterocycles. The predicted molar refractivity (Wildman–Crippen MR) is 94.0 cm³/mol. The highest BCUT2D eigenvalue weighted by atomic mass is 32.2. The van der Waals surface area contributed by atoms with Crippen LogP contribution in [0.2, 0.25) is 0 Å². The molecule has 0 radical (unpaired) electrons. The second-order valence-electron chi connectivity index (χ2n) is 6.14. The number of fused-ring (bicyclic) bond motifs is 1. The lowest BCUT2D eigenvalue weighted by Crippen LogP contribution is -2.31. The molecule has 2 aromatic rings. The third-order valence-electron chi connectivity index (χ3n) is 4.26. The molecule has 1 aliphatic heterocycles. The average molecular weight is 341 g/mol. The van der Waals surface area contributed by atoms with Gasteiger partial charge in [0.2, 0.25) is 0 Å². The van der Waals surface area contributed by atoms with E-state index in [2.05, 4.69) is 17.4 Å². The van der Waals surface area contributed by atoms with Gasteiger partial charge in [-0.1, -0.05) is 18.2 Å². The van der Waals surface area contributed by atoms with Crippen LogP contribution in [0.3, 0.4) is 0 Å². The monoisotopic (exact) mass is 341 g/mol. The van der Waals surface area contributed by atoms with Gasteiger partial charge in [-0.05, 0) is 43.2 Å². The van der Waals surface area contributed by atoms with E-state index in [1.165, 1.54) is 4.90 Å². The van der Waals surface area contributed by atoms with Crippen molar-refractivity contribution in [2.75, 3.05) is 19.8 Å². The number of benzene rings is 2. The fourth-order valence-corrected chi connectivity index (χ4v) is 3.96. The summed E-state index contributed by atoms with van der Waals surface area (Å²) in [5, 5.41) is 3.07. The Kier molecular flexibility index (Phi) is 4.10. The Labute approximate surface area is 145 Å². The molecular formula is C19H19NO3S. The van der Waals surface area contributed by atoms with Gasteiger partial charge in [0.25, 0.3) is 5.91 Å². The summed E-state index contributed by atoms with van der Waals surface area (Å²) in [6.07, 6.45) is 2.27. The summed E-state index contributed by atoms with van der Waals surface area (Å²) >= 11 is 1.86. The highest BCUT2D eigenvalue weighted by Crippen LogP contribution is 2.51. The van der Waals surface area contributed by atoms with Crippen LogP contribution in [-0.4, -0.2) is 30.4 Å². The van der Waals surface area contributed by atoms with Crippen molar-refractivity contribution in [3.63, 3.8) is 0 Å². The first-order valence-corrected chi connectivity index (χ1v) is 8.98. The molecule has 0 bridgehead atoms. The van der Waals surface area contributed by atoms with Gasteiger partial charge >= 0.3 is 0 Å². The average Bonchev–Trinajstić information content (AvgIpc) is 3.40. The van der Waals surface area contributed by atoms with Crippen LogP contribution in [0.4, 0.5) is 0 Å². The minimum Gasteiger partial charge on any atom is -0.486 e. The van der Waals surface area contributed by atoms with E-state index < -0.39 is 0 Å². The van der Waals surface area contributed by atoms with Gasteiger partial charge < -0.3 is 14.8 Å². The summed E-state index contributed by atoms with van der Waals surface area (Å²) in [5.41, 5.74) is 0.611. The first-order chi connectivity index (χ1) is 11.7. The van der Waals surface area contributed by atoms with Crippen LogP contribution in [-0.2, 0) is 0 Å². The third-order valence-corrected chi connectivity index (χ3v) is 5.75. The molecule has 5 heteroatoms. The SMILES string of the molecule is O=C(NCC1(Sc2ccccc2)CC1)c1ccc2c(c1)OCCO2. The molecule has 1 N–H and O–H groups in total. The number of hydrogen-bond donors (Lipinski definition) is 1. The van der Waals surface area contributed by atoms with Gasteiger partial charge in [0, 0.05) is 21.8 Å². The molecule has 0 unspecified atom stereocenters. The summed E-state index contributed by atoms with van der Waals surface area (Å²) in [4.78, 5) is 13.7. The minimum absolute atomic E-state index is 0.0630. The second kappa shape index (κ2) is 6.40. The molecule has 0 atom stereocenters. The Hall–Kier alpha value is -2.14. The van der Waals surface area contributed by atoms with Crippen molar-refractivity contribution in [3.8, 4) is 11.5 Å². The molecule has 1 fully saturated rings. The van der Waals surface area contributed by atoms with Gasteiger partial charge in [0.15, 0.2) is 11.5 Å². The molecule has 1 heterocycles. The zero-order valence-electron chi connectivity index (χ0n) is 13.3. The van der Waals surface area contributed by atoms with Crippen LogP contribution >= 0.6 is 11.8 Å². The molecule has 2 aliphatic rings. The first kappa shape index (κ1) is 15.4. The molecular weight excluding hydrogens is 322 g/mol. The van der Waals surface area contributed by atoms with Crippen molar-refractivity contribution in [2.45, 2.75) is 22.5 Å². The largest absolute Gasteiger partial charge is 0.486 e. The maximum Gasteiger partial charge on any atom is 0.251 e. The van der Waals surface area contributed by atoms with E-state index in [0.29, 0.717) is 36.8 Å². The fraction of sp³-hybridized carbons (Fsp3) is 0.316. The highest BCUT2D eigenvalue weighted by molar-refractivity contribution is 8.01. The molecule has 2 aromatic carbocycles. The Bertz CT molecular complexity index is 744. The van der Waals surface area contributed by atoms with Crippen molar-refractivity contribution >= 4 is 17.7 Å². The van der Waals surface area contributed by atoms with Crippen LogP contribution in [0.5, 0.6) is 11.5 Å². The Morgan fingerprint density at radius 2 is 1.79 bits per heavy atom. The summed E-state index contributed by atoms with van der Waals surface area (Å²) in [5.74, 6) is 1.29. The van der Waals surface area contributed by atoms with E-state index in [9.17, 15) is 4.79 Å². The summed E-state index contributed by atoms with van der Waals surface area (Å²) in [6, 6.07) is 15.7. The normalized spacial score (nSPS) is 17.2. The van der Waals surface area contributed by atoms with Crippen LogP contribution < -0.4 is 14.8 Å². The van der Waals surface area contributed by atoms with Gasteiger partial charge in [-0.2, -0.15) is 0 Å². The van der Waals surface area contributed by atoms with Crippen molar-refractivity contribution in [3.05, 3.63) is 54.1 Å². The van der Waals surface area contributed by atoms with Gasteiger partial charge in [0.05, 0.1) is 0 Å². The smallest absolute Gasteiger partial charge is 0.251 e. The summed E-state index contributed by atoms with van der Waals surface area (Å²) in [6.45, 7) is 1.76. The van der Waals surface area contributed by atoms with Gasteiger partial charge in [-0.25, -0.2) is 0 Å². The maximum absolute atomic E-state index is 12.4. The van der Waals surface area contributed by atoms with Gasteiger partial charge in [-0.15, -0.1) is 11.8 Å². The lowest BCUT2D eigenvalue weighted by atomic mass is 10.2. The third kappa shape index (κ3) is 3.36. The van der Waals surface area contributed by atoms with Crippen molar-refractivity contribution in [1.82, 2.24) is 5.32 Å². The number of nitrogens with one attached hydrogen (secondary N) is 1. The number of ether oxygens (including phenoxy) is 2. The molecule has 1 aliphatic carbocycles. The van der Waals surface area contributed by atoms with E-state index in [0.717, 1.165) is 12.8 Å². The number of rotatable bonds is 5. The van der Waals surface area contributed by atoms with E-state index in [1.807, 2.05) is 30.0 Å². The lowest BCUT2D eigenvalue weighted by molar-refractivity contribution is 0.0951. The van der Waals surface area contributed by atoms with Crippen molar-refractivity contribution in [2.24, 2.45) is 0 Å². The number of carbonyl (C=O) groups excluding carboxylic acids is 1. The number of thioether (sulfide) groups is 1. The Morgan fingerprint density at radius 1 is 1.04 bits per heavy atom. The minimum atomic E-state index is -0.0630. The first-order valence-electron chi connectivity index (χ1n) is 8.16. The summed E-state index contributed by atoms with van der Waals surface area (Å²) in [7, 11) is 0. The molecule has 0 saturated heterocycles. The van der Waals surface area contributed by atoms with E-state index in [4.69, 9.17) is 9.47 Å². The van der Waals surface area contributed by atoms with E-state index in [-0.39, 0.29) is 10.7 Å². The lowest BCUT2D eigenvalue weighted by Gasteiger charge is -2.19. The molecule has 24 heavy (non-hydrogen) atoms. The van der Waals surface area contributed by atoms with Crippen LogP contribution in [0.1, 0.15) is 23.2 Å². The standard InChI is InChI=1S/C19H19NO3S/c21-18(14-6-7-16-17(12-14)23-11-10-22-16)20-13-19(8-9-19)24-15-4-2-1-3-5-15/h1-7,12H,8-11,13H2,(H,20,21). The van der Waals surface area contributed by atoms with Crippen molar-refractivity contribution < 1.29 is 14.3 Å². The fourth-order valence-electron chi connectivity index (χ4n) is 2.72. The Morgan fingerprint density at radius 3 is 2.54 bits per heavy atom. The van der Waals surface area contributed by atoms with Gasteiger partial charge in [-0.3, -0.25) is 4.79 Å². The maximum atomic E-state index is 12.4. The molecule has 0 spiro atoms. The van der Waals surface area contributed by atoms with Crippen molar-refractivity contribution in [1.29, 1.82) is 0 Å². The molecule has 4 nitrogen and oxygen atoms in total. The zero-order chi connectivity index (χ0) is 16.4. The second-order valence-corrected chi connectivity index (χ2v) is 7.68. The molecule has 124 valence electrons. The Balaban J connectivity index is 1.38. The van der Waals surface area contributed by atoms with Crippen LogP contribution in [0, 0.1) is 0 Å². The molecule has 4 rings (SSSR count). The highest BCUT2D eigenvalue weighted by Gasteiger charge is 2.43. The van der Waals surface area contributed by atoms with E-state index >= 15 is 0 Å². The number of hydrogen-bond acceptors (Lipinski definition) is 4. The molecule has 1 saturated carbocycles. The predicted octanol–water partition coefficient (Wildman–Crippen LogP) is 3.51. The van der Waals surface area contributed by atoms with Crippen LogP contribution in [0.25, 0.3) is 0 Å². The molecule has 1 amide bonds. The topological polar surface area (TPSA) is 47.6 Å².